The molecule has 4 rings (SSSR count). The molecule has 0 spiro atoms. The van der Waals surface area contributed by atoms with E-state index < -0.39 is 10.0 Å². The highest BCUT2D eigenvalue weighted by atomic mass is 32.2. The van der Waals surface area contributed by atoms with Gasteiger partial charge in [-0.15, -0.1) is 15.7 Å². The third kappa shape index (κ3) is 3.98. The Morgan fingerprint density at radius 1 is 1.04 bits per heavy atom. The van der Waals surface area contributed by atoms with Gasteiger partial charge in [-0.3, -0.25) is 4.90 Å². The number of rotatable bonds is 5. The molecule has 1 fully saturated rings. The van der Waals surface area contributed by atoms with Crippen molar-refractivity contribution in [1.29, 1.82) is 0 Å². The average Bonchev–Trinajstić information content (AvgIpc) is 3.14. The van der Waals surface area contributed by atoms with Crippen LogP contribution in [-0.4, -0.2) is 63.3 Å². The summed E-state index contributed by atoms with van der Waals surface area (Å²) in [7, 11) is -3.60. The van der Waals surface area contributed by atoms with Crippen molar-refractivity contribution in [3.63, 3.8) is 0 Å². The van der Waals surface area contributed by atoms with Crippen LogP contribution in [0.1, 0.15) is 4.88 Å². The standard InChI is InChI=1S/C18H22N4O2S2/c23-26(24)17-6-2-1-5-16(17)19-18(20-26)14-22-11-9-21(10-12-22)8-7-15-4-3-13-25-15/h1-6,13H,7-12,14H2,(H,19,20). The minimum absolute atomic E-state index is 0.252. The second-order valence-corrected chi connectivity index (χ2v) is 9.19. The van der Waals surface area contributed by atoms with Crippen LogP contribution in [-0.2, 0) is 16.4 Å². The monoisotopic (exact) mass is 390 g/mol. The summed E-state index contributed by atoms with van der Waals surface area (Å²) in [6.45, 7) is 5.46. The maximum atomic E-state index is 12.3. The van der Waals surface area contributed by atoms with Crippen molar-refractivity contribution in [3.8, 4) is 0 Å². The molecule has 1 aromatic heterocycles. The first kappa shape index (κ1) is 17.7. The van der Waals surface area contributed by atoms with Crippen molar-refractivity contribution < 1.29 is 8.42 Å². The van der Waals surface area contributed by atoms with Gasteiger partial charge in [-0.2, -0.15) is 8.42 Å². The van der Waals surface area contributed by atoms with Gasteiger partial charge in [-0.1, -0.05) is 18.2 Å². The summed E-state index contributed by atoms with van der Waals surface area (Å²) in [6.07, 6.45) is 1.10. The lowest BCUT2D eigenvalue weighted by Crippen LogP contribution is -2.49. The molecule has 0 radical (unpaired) electrons. The highest BCUT2D eigenvalue weighted by Crippen LogP contribution is 2.26. The molecule has 3 heterocycles. The van der Waals surface area contributed by atoms with Crippen molar-refractivity contribution in [2.75, 3.05) is 44.6 Å². The molecule has 0 atom stereocenters. The first-order valence-electron chi connectivity index (χ1n) is 8.77. The zero-order valence-electron chi connectivity index (χ0n) is 14.5. The highest BCUT2D eigenvalue weighted by Gasteiger charge is 2.26. The molecule has 8 heteroatoms. The largest absolute Gasteiger partial charge is 0.341 e. The molecule has 6 nitrogen and oxygen atoms in total. The van der Waals surface area contributed by atoms with E-state index in [1.54, 1.807) is 18.2 Å². The van der Waals surface area contributed by atoms with Gasteiger partial charge in [0.25, 0.3) is 10.0 Å². The van der Waals surface area contributed by atoms with Crippen molar-refractivity contribution in [1.82, 2.24) is 9.80 Å². The zero-order chi connectivity index (χ0) is 18.0. The van der Waals surface area contributed by atoms with Crippen LogP contribution < -0.4 is 5.32 Å². The molecule has 1 saturated heterocycles. The minimum Gasteiger partial charge on any atom is -0.341 e. The van der Waals surface area contributed by atoms with Crippen molar-refractivity contribution >= 4 is 32.9 Å². The Kier molecular flexibility index (Phi) is 5.08. The fraction of sp³-hybridized carbons (Fsp3) is 0.389. The summed E-state index contributed by atoms with van der Waals surface area (Å²) in [5.74, 6) is 0.510. The third-order valence-corrected chi connectivity index (χ3v) is 7.08. The van der Waals surface area contributed by atoms with Crippen molar-refractivity contribution in [3.05, 3.63) is 46.7 Å². The van der Waals surface area contributed by atoms with Gasteiger partial charge >= 0.3 is 0 Å². The normalized spacial score (nSPS) is 20.2. The van der Waals surface area contributed by atoms with Gasteiger partial charge in [0.2, 0.25) is 0 Å². The molecule has 0 bridgehead atoms. The van der Waals surface area contributed by atoms with Crippen molar-refractivity contribution in [2.24, 2.45) is 4.40 Å². The van der Waals surface area contributed by atoms with E-state index in [2.05, 4.69) is 37.0 Å². The van der Waals surface area contributed by atoms with Gasteiger partial charge < -0.3 is 10.2 Å². The van der Waals surface area contributed by atoms with Gasteiger partial charge in [0, 0.05) is 37.6 Å². The molecule has 1 aromatic carbocycles. The molecule has 2 aliphatic heterocycles. The van der Waals surface area contributed by atoms with Crippen LogP contribution in [0.2, 0.25) is 0 Å². The fourth-order valence-electron chi connectivity index (χ4n) is 3.34. The van der Waals surface area contributed by atoms with Gasteiger partial charge in [0.15, 0.2) is 0 Å². The van der Waals surface area contributed by atoms with E-state index >= 15 is 0 Å². The maximum Gasteiger partial charge on any atom is 0.286 e. The highest BCUT2D eigenvalue weighted by molar-refractivity contribution is 7.90. The van der Waals surface area contributed by atoms with Crippen LogP contribution in [0.4, 0.5) is 5.69 Å². The Bertz CT molecular complexity index is 886. The number of hydrogen-bond acceptors (Lipinski definition) is 6. The molecule has 0 amide bonds. The van der Waals surface area contributed by atoms with E-state index in [9.17, 15) is 8.42 Å². The van der Waals surface area contributed by atoms with E-state index in [0.717, 1.165) is 39.1 Å². The minimum atomic E-state index is -3.60. The summed E-state index contributed by atoms with van der Waals surface area (Å²) < 4.78 is 28.6. The lowest BCUT2D eigenvalue weighted by molar-refractivity contribution is 0.147. The number of benzene rings is 1. The molecule has 0 unspecified atom stereocenters. The van der Waals surface area contributed by atoms with Crippen LogP contribution in [0, 0.1) is 0 Å². The van der Waals surface area contributed by atoms with Gasteiger partial charge in [0.05, 0.1) is 12.2 Å². The lowest BCUT2D eigenvalue weighted by Gasteiger charge is -2.35. The Morgan fingerprint density at radius 3 is 2.58 bits per heavy atom. The van der Waals surface area contributed by atoms with Crippen LogP contribution >= 0.6 is 11.3 Å². The Balaban J connectivity index is 1.31. The van der Waals surface area contributed by atoms with Crippen LogP contribution in [0.25, 0.3) is 0 Å². The number of amidine groups is 1. The molecular weight excluding hydrogens is 368 g/mol. The SMILES string of the molecule is O=S1(=O)N=C(CN2CCN(CCc3cccs3)CC2)Nc2ccccc21. The average molecular weight is 391 g/mol. The van der Waals surface area contributed by atoms with E-state index in [0.29, 0.717) is 18.1 Å². The number of hydrogen-bond donors (Lipinski definition) is 1. The second-order valence-electron chi connectivity index (χ2n) is 6.58. The van der Waals surface area contributed by atoms with Crippen LogP contribution in [0.15, 0.2) is 51.1 Å². The molecule has 1 N–H and O–H groups in total. The Labute approximate surface area is 158 Å². The predicted octanol–water partition coefficient (Wildman–Crippen LogP) is 2.12. The number of thiophene rings is 1. The Morgan fingerprint density at radius 2 is 1.81 bits per heavy atom. The van der Waals surface area contributed by atoms with Crippen LogP contribution in [0.3, 0.4) is 0 Å². The first-order chi connectivity index (χ1) is 12.6. The number of nitrogens with zero attached hydrogens (tertiary/aromatic N) is 3. The molecule has 0 saturated carbocycles. The molecule has 138 valence electrons. The molecule has 0 aliphatic carbocycles. The van der Waals surface area contributed by atoms with E-state index in [1.807, 2.05) is 17.4 Å². The first-order valence-corrected chi connectivity index (χ1v) is 11.1. The predicted molar refractivity (Wildman–Crippen MR) is 106 cm³/mol. The smallest absolute Gasteiger partial charge is 0.286 e. The summed E-state index contributed by atoms with van der Waals surface area (Å²) >= 11 is 1.81. The summed E-state index contributed by atoms with van der Waals surface area (Å²) in [5, 5.41) is 5.29. The maximum absolute atomic E-state index is 12.3. The summed E-state index contributed by atoms with van der Waals surface area (Å²) in [5.41, 5.74) is 0.618. The molecule has 2 aromatic rings. The lowest BCUT2D eigenvalue weighted by atomic mass is 10.2. The second kappa shape index (κ2) is 7.48. The molecule has 2 aliphatic rings. The number of anilines is 1. The number of piperazine rings is 1. The third-order valence-electron chi connectivity index (χ3n) is 4.77. The van der Waals surface area contributed by atoms with Gasteiger partial charge in [-0.05, 0) is 30.0 Å². The van der Waals surface area contributed by atoms with Crippen LogP contribution in [0.5, 0.6) is 0 Å². The summed E-state index contributed by atoms with van der Waals surface area (Å²) in [6, 6.07) is 11.2. The summed E-state index contributed by atoms with van der Waals surface area (Å²) in [4.78, 5) is 6.41. The fourth-order valence-corrected chi connectivity index (χ4v) is 5.18. The number of sulfonamides is 1. The number of para-hydroxylation sites is 1. The number of fused-ring (bicyclic) bond motifs is 1. The number of nitrogens with one attached hydrogen (secondary N) is 1. The van der Waals surface area contributed by atoms with E-state index in [1.165, 1.54) is 4.88 Å². The Hall–Kier alpha value is -1.74. The van der Waals surface area contributed by atoms with E-state index in [-0.39, 0.29) is 4.90 Å². The topological polar surface area (TPSA) is 65.0 Å². The molecule has 26 heavy (non-hydrogen) atoms. The van der Waals surface area contributed by atoms with Crippen molar-refractivity contribution in [2.45, 2.75) is 11.3 Å². The van der Waals surface area contributed by atoms with E-state index in [4.69, 9.17) is 0 Å². The van der Waals surface area contributed by atoms with Gasteiger partial charge in [-0.25, -0.2) is 0 Å². The zero-order valence-corrected chi connectivity index (χ0v) is 16.1. The molecular formula is C18H22N4O2S2. The quantitative estimate of drug-likeness (QED) is 0.847. The van der Waals surface area contributed by atoms with Gasteiger partial charge in [0.1, 0.15) is 10.7 Å².